The minimum Gasteiger partial charge on any atom is -0.480 e. The minimum atomic E-state index is -1.23. The van der Waals surface area contributed by atoms with Gasteiger partial charge in [-0.15, -0.1) is 0 Å². The van der Waals surface area contributed by atoms with Crippen LogP contribution >= 0.6 is 0 Å². The molecule has 0 fully saturated rings. The Morgan fingerprint density at radius 3 is 1.81 bits per heavy atom. The van der Waals surface area contributed by atoms with Gasteiger partial charge in [-0.3, -0.25) is 19.2 Å². The maximum Gasteiger partial charge on any atom is 0.326 e. The molecule has 9 N–H and O–H groups in total. The highest BCUT2D eigenvalue weighted by atomic mass is 16.4. The third-order valence-electron chi connectivity index (χ3n) is 3.58. The first-order chi connectivity index (χ1) is 12.0. The maximum atomic E-state index is 12.3. The Kier molecular flexibility index (Phi) is 9.89. The van der Waals surface area contributed by atoms with Crippen LogP contribution in [0.15, 0.2) is 0 Å². The third-order valence-corrected chi connectivity index (χ3v) is 3.58. The van der Waals surface area contributed by atoms with Gasteiger partial charge in [0.05, 0.1) is 6.04 Å². The highest BCUT2D eigenvalue weighted by Crippen LogP contribution is 2.05. The smallest absolute Gasteiger partial charge is 0.326 e. The van der Waals surface area contributed by atoms with E-state index in [4.69, 9.17) is 22.3 Å². The fourth-order valence-electron chi connectivity index (χ4n) is 2.03. The van der Waals surface area contributed by atoms with Crippen LogP contribution in [0.1, 0.15) is 39.5 Å². The molecule has 3 atom stereocenters. The summed E-state index contributed by atoms with van der Waals surface area (Å²) in [5, 5.41) is 13.8. The van der Waals surface area contributed by atoms with Gasteiger partial charge in [0.25, 0.3) is 0 Å². The van der Waals surface area contributed by atoms with E-state index in [2.05, 4.69) is 10.6 Å². The second-order valence-electron chi connectivity index (χ2n) is 6.25. The first-order valence-electron chi connectivity index (χ1n) is 8.11. The van der Waals surface area contributed by atoms with Crippen molar-refractivity contribution < 1.29 is 29.1 Å². The lowest BCUT2D eigenvalue weighted by atomic mass is 10.0. The normalized spacial score (nSPS) is 14.2. The van der Waals surface area contributed by atoms with Crippen LogP contribution in [-0.4, -0.2) is 52.8 Å². The SMILES string of the molecule is CC(C)C(NC(=O)C(CCC(N)=O)NC(=O)C(N)CCC(N)=O)C(=O)O. The number of carbonyl (C=O) groups is 5. The molecule has 3 unspecified atom stereocenters. The van der Waals surface area contributed by atoms with Gasteiger partial charge in [-0.2, -0.15) is 0 Å². The van der Waals surface area contributed by atoms with Crippen LogP contribution < -0.4 is 27.8 Å². The van der Waals surface area contributed by atoms with Gasteiger partial charge >= 0.3 is 5.97 Å². The van der Waals surface area contributed by atoms with E-state index in [9.17, 15) is 24.0 Å². The van der Waals surface area contributed by atoms with E-state index in [-0.39, 0.29) is 25.7 Å². The predicted octanol–water partition coefficient (Wildman–Crippen LogP) is -2.45. The Balaban J connectivity index is 5.05. The highest BCUT2D eigenvalue weighted by molar-refractivity contribution is 5.92. The van der Waals surface area contributed by atoms with Gasteiger partial charge in [0.2, 0.25) is 23.6 Å². The zero-order chi connectivity index (χ0) is 20.4. The highest BCUT2D eigenvalue weighted by Gasteiger charge is 2.29. The molecular formula is C15H27N5O6. The summed E-state index contributed by atoms with van der Waals surface area (Å²) in [5.41, 5.74) is 15.7. The van der Waals surface area contributed by atoms with Gasteiger partial charge in [0.1, 0.15) is 12.1 Å². The van der Waals surface area contributed by atoms with Crippen molar-refractivity contribution in [2.45, 2.75) is 57.7 Å². The molecule has 0 aliphatic heterocycles. The lowest BCUT2D eigenvalue weighted by molar-refractivity contribution is -0.143. The van der Waals surface area contributed by atoms with E-state index >= 15 is 0 Å². The second-order valence-corrected chi connectivity index (χ2v) is 6.25. The van der Waals surface area contributed by atoms with Crippen molar-refractivity contribution in [1.82, 2.24) is 10.6 Å². The summed E-state index contributed by atoms with van der Waals surface area (Å²) in [5.74, 6) is -4.45. The molecule has 0 saturated heterocycles. The van der Waals surface area contributed by atoms with Gasteiger partial charge in [0, 0.05) is 12.8 Å². The van der Waals surface area contributed by atoms with Gasteiger partial charge in [-0.1, -0.05) is 13.8 Å². The quantitative estimate of drug-likeness (QED) is 0.217. The van der Waals surface area contributed by atoms with Crippen LogP contribution in [0, 0.1) is 5.92 Å². The number of aliphatic carboxylic acids is 1. The van der Waals surface area contributed by atoms with Crippen molar-refractivity contribution in [1.29, 1.82) is 0 Å². The minimum absolute atomic E-state index is 0.0188. The van der Waals surface area contributed by atoms with E-state index < -0.39 is 53.6 Å². The molecule has 0 saturated carbocycles. The molecule has 0 heterocycles. The molecule has 0 radical (unpaired) electrons. The Morgan fingerprint density at radius 2 is 1.38 bits per heavy atom. The van der Waals surface area contributed by atoms with E-state index in [1.165, 1.54) is 0 Å². The van der Waals surface area contributed by atoms with E-state index in [0.29, 0.717) is 0 Å². The zero-order valence-electron chi connectivity index (χ0n) is 14.9. The van der Waals surface area contributed by atoms with E-state index in [1.54, 1.807) is 13.8 Å². The maximum absolute atomic E-state index is 12.3. The van der Waals surface area contributed by atoms with Gasteiger partial charge in [0.15, 0.2) is 0 Å². The van der Waals surface area contributed by atoms with Crippen molar-refractivity contribution in [3.05, 3.63) is 0 Å². The second kappa shape index (κ2) is 11.0. The van der Waals surface area contributed by atoms with Gasteiger partial charge in [-0.05, 0) is 18.8 Å². The Bertz CT molecular complexity index is 551. The number of primary amides is 2. The lowest BCUT2D eigenvalue weighted by Crippen LogP contribution is -2.55. The molecule has 0 aliphatic rings. The van der Waals surface area contributed by atoms with Crippen LogP contribution in [0.25, 0.3) is 0 Å². The molecule has 0 aromatic carbocycles. The largest absolute Gasteiger partial charge is 0.480 e. The topological polar surface area (TPSA) is 208 Å². The fourth-order valence-corrected chi connectivity index (χ4v) is 2.03. The number of nitrogens with one attached hydrogen (secondary N) is 2. The average molecular weight is 373 g/mol. The van der Waals surface area contributed by atoms with Gasteiger partial charge < -0.3 is 32.9 Å². The molecule has 4 amide bonds. The monoisotopic (exact) mass is 373 g/mol. The van der Waals surface area contributed by atoms with Crippen molar-refractivity contribution in [2.75, 3.05) is 0 Å². The van der Waals surface area contributed by atoms with Crippen LogP contribution in [0.5, 0.6) is 0 Å². The molecule has 0 bridgehead atoms. The van der Waals surface area contributed by atoms with E-state index in [0.717, 1.165) is 0 Å². The van der Waals surface area contributed by atoms with Crippen molar-refractivity contribution in [2.24, 2.45) is 23.1 Å². The van der Waals surface area contributed by atoms with Crippen molar-refractivity contribution in [3.8, 4) is 0 Å². The molecule has 0 aliphatic carbocycles. The van der Waals surface area contributed by atoms with Crippen molar-refractivity contribution >= 4 is 29.6 Å². The molecule has 0 rings (SSSR count). The number of rotatable bonds is 12. The third kappa shape index (κ3) is 8.97. The summed E-state index contributed by atoms with van der Waals surface area (Å²) in [6.07, 6.45) is -0.454. The molecule has 0 aromatic rings. The molecule has 0 aromatic heterocycles. The number of hydrogen-bond acceptors (Lipinski definition) is 6. The van der Waals surface area contributed by atoms with Crippen LogP contribution in [0.2, 0.25) is 0 Å². The van der Waals surface area contributed by atoms with Gasteiger partial charge in [-0.25, -0.2) is 4.79 Å². The molecule has 11 nitrogen and oxygen atoms in total. The summed E-state index contributed by atoms with van der Waals surface area (Å²) in [4.78, 5) is 57.3. The molecule has 11 heteroatoms. The zero-order valence-corrected chi connectivity index (χ0v) is 14.9. The van der Waals surface area contributed by atoms with Crippen LogP contribution in [-0.2, 0) is 24.0 Å². The molecular weight excluding hydrogens is 346 g/mol. The summed E-state index contributed by atoms with van der Waals surface area (Å²) in [6.45, 7) is 3.21. The lowest BCUT2D eigenvalue weighted by Gasteiger charge is -2.24. The first kappa shape index (κ1) is 23.3. The standard InChI is InChI=1S/C15H27N5O6/c1-7(2)12(15(25)26)20-14(24)9(4-6-11(18)22)19-13(23)8(16)3-5-10(17)21/h7-9,12H,3-6,16H2,1-2H3,(H2,17,21)(H2,18,22)(H,19,23)(H,20,24)(H,25,26). The van der Waals surface area contributed by atoms with Crippen LogP contribution in [0.3, 0.4) is 0 Å². The number of amides is 4. The molecule has 26 heavy (non-hydrogen) atoms. The average Bonchev–Trinajstić information content (AvgIpc) is 2.52. The summed E-state index contributed by atoms with van der Waals surface area (Å²) in [6, 6.07) is -3.46. The summed E-state index contributed by atoms with van der Waals surface area (Å²) >= 11 is 0. The number of carbonyl (C=O) groups excluding carboxylic acids is 4. The molecule has 148 valence electrons. The fraction of sp³-hybridized carbons (Fsp3) is 0.667. The summed E-state index contributed by atoms with van der Waals surface area (Å²) < 4.78 is 0. The number of nitrogens with two attached hydrogens (primary N) is 3. The Labute approximate surface area is 151 Å². The van der Waals surface area contributed by atoms with Crippen LogP contribution in [0.4, 0.5) is 0 Å². The Morgan fingerprint density at radius 1 is 0.885 bits per heavy atom. The predicted molar refractivity (Wildman–Crippen MR) is 91.2 cm³/mol. The number of carboxylic acids is 1. The number of hydrogen-bond donors (Lipinski definition) is 6. The Hall–Kier alpha value is -2.69. The first-order valence-corrected chi connectivity index (χ1v) is 8.11. The van der Waals surface area contributed by atoms with E-state index in [1.807, 2.05) is 0 Å². The molecule has 0 spiro atoms. The summed E-state index contributed by atoms with van der Waals surface area (Å²) in [7, 11) is 0. The van der Waals surface area contributed by atoms with Crippen molar-refractivity contribution in [3.63, 3.8) is 0 Å². The number of carboxylic acid groups (broad SMARTS) is 1.